The number of nitrogens with zero attached hydrogens (tertiary/aromatic N) is 6. The van der Waals surface area contributed by atoms with Gasteiger partial charge in [-0.05, 0) is 59.3 Å². The number of pyridine rings is 2. The lowest BCUT2D eigenvalue weighted by Crippen LogP contribution is -2.47. The zero-order chi connectivity index (χ0) is 22.9. The molecule has 1 saturated heterocycles. The molecule has 0 saturated carbocycles. The Balaban J connectivity index is 1.39. The summed E-state index contributed by atoms with van der Waals surface area (Å²) < 4.78 is 0.986. The van der Waals surface area contributed by atoms with E-state index in [2.05, 4.69) is 88.9 Å². The van der Waals surface area contributed by atoms with Gasteiger partial charge in [0.25, 0.3) is 0 Å². The molecule has 1 unspecified atom stereocenters. The second-order valence-corrected chi connectivity index (χ2v) is 9.49. The van der Waals surface area contributed by atoms with Crippen molar-refractivity contribution in [2.75, 3.05) is 50.1 Å². The van der Waals surface area contributed by atoms with Gasteiger partial charge in [0.1, 0.15) is 11.3 Å². The van der Waals surface area contributed by atoms with E-state index in [1.54, 1.807) is 0 Å². The maximum absolute atomic E-state index is 4.79. The fourth-order valence-corrected chi connectivity index (χ4v) is 4.98. The summed E-state index contributed by atoms with van der Waals surface area (Å²) in [5.74, 6) is 0.838. The van der Waals surface area contributed by atoms with Gasteiger partial charge in [-0.3, -0.25) is 9.88 Å². The van der Waals surface area contributed by atoms with Gasteiger partial charge in [0.05, 0.1) is 15.9 Å². The zero-order valence-corrected chi connectivity index (χ0v) is 20.7. The van der Waals surface area contributed by atoms with E-state index in [0.29, 0.717) is 6.04 Å². The van der Waals surface area contributed by atoms with Gasteiger partial charge in [0.15, 0.2) is 5.65 Å². The predicted octanol–water partition coefficient (Wildman–Crippen LogP) is 4.73. The quantitative estimate of drug-likeness (QED) is 0.422. The highest BCUT2D eigenvalue weighted by molar-refractivity contribution is 9.10. The topological polar surface area (TPSA) is 64.2 Å². The van der Waals surface area contributed by atoms with Crippen LogP contribution in [0.2, 0.25) is 0 Å². The first-order valence-corrected chi connectivity index (χ1v) is 12.0. The summed E-state index contributed by atoms with van der Waals surface area (Å²) >= 11 is 3.74. The molecule has 1 N–H and O–H groups in total. The van der Waals surface area contributed by atoms with Crippen molar-refractivity contribution in [3.05, 3.63) is 65.0 Å². The number of fused-ring (bicyclic) bond motifs is 1. The molecule has 4 aromatic rings. The van der Waals surface area contributed by atoms with Gasteiger partial charge < -0.3 is 14.8 Å². The van der Waals surface area contributed by atoms with Gasteiger partial charge >= 0.3 is 0 Å². The van der Waals surface area contributed by atoms with Crippen LogP contribution in [0.4, 0.5) is 11.4 Å². The molecule has 1 aromatic carbocycles. The molecule has 4 heterocycles. The number of rotatable bonds is 5. The van der Waals surface area contributed by atoms with E-state index >= 15 is 0 Å². The third-order valence-corrected chi connectivity index (χ3v) is 6.98. The minimum absolute atomic E-state index is 0.304. The normalized spacial score (nSPS) is 15.7. The van der Waals surface area contributed by atoms with Gasteiger partial charge in [0, 0.05) is 70.0 Å². The van der Waals surface area contributed by atoms with Gasteiger partial charge in [0.2, 0.25) is 0 Å². The number of aromatic amines is 1. The van der Waals surface area contributed by atoms with Gasteiger partial charge in [-0.15, -0.1) is 0 Å². The van der Waals surface area contributed by atoms with Crippen LogP contribution in [-0.2, 0) is 0 Å². The molecule has 0 spiro atoms. The molecule has 7 nitrogen and oxygen atoms in total. The molecule has 5 rings (SSSR count). The van der Waals surface area contributed by atoms with E-state index in [-0.39, 0.29) is 0 Å². The van der Waals surface area contributed by atoms with Gasteiger partial charge in [-0.2, -0.15) is 0 Å². The Labute approximate surface area is 202 Å². The lowest BCUT2D eigenvalue weighted by molar-refractivity contribution is 0.195. The highest BCUT2D eigenvalue weighted by Gasteiger charge is 2.26. The van der Waals surface area contributed by atoms with Crippen LogP contribution in [0.1, 0.15) is 18.7 Å². The summed E-state index contributed by atoms with van der Waals surface area (Å²) in [7, 11) is 4.08. The first-order valence-electron chi connectivity index (χ1n) is 11.2. The number of benzene rings is 1. The third-order valence-electron chi connectivity index (χ3n) is 6.40. The second-order valence-electron chi connectivity index (χ2n) is 8.63. The van der Waals surface area contributed by atoms with E-state index in [0.717, 1.165) is 70.3 Å². The molecule has 3 aromatic heterocycles. The number of aromatic nitrogens is 4. The number of imidazole rings is 1. The molecule has 0 amide bonds. The molecule has 1 fully saturated rings. The highest BCUT2D eigenvalue weighted by Crippen LogP contribution is 2.35. The number of H-pyrrole nitrogens is 1. The Hall–Kier alpha value is -2.97. The van der Waals surface area contributed by atoms with E-state index in [9.17, 15) is 0 Å². The van der Waals surface area contributed by atoms with Crippen molar-refractivity contribution in [3.8, 4) is 11.4 Å². The maximum Gasteiger partial charge on any atom is 0.180 e. The number of piperazine rings is 1. The van der Waals surface area contributed by atoms with Crippen molar-refractivity contribution in [1.82, 2.24) is 24.8 Å². The standard InChI is InChI=1S/C25H28BrN7/c1-17(21-6-4-5-11-27-21)32-12-14-33(15-13-32)23-20(26)16-28-25-22(23)29-24(30-25)18-7-9-19(10-8-18)31(2)3/h4-11,16-17H,12-15H2,1-3H3,(H,28,29,30). The number of hydrogen-bond donors (Lipinski definition) is 1. The van der Waals surface area contributed by atoms with Crippen molar-refractivity contribution in [2.45, 2.75) is 13.0 Å². The predicted molar refractivity (Wildman–Crippen MR) is 138 cm³/mol. The van der Waals surface area contributed by atoms with E-state index in [1.807, 2.05) is 32.6 Å². The Kier molecular flexibility index (Phi) is 6.03. The minimum Gasteiger partial charge on any atom is -0.378 e. The molecule has 8 heteroatoms. The molecule has 170 valence electrons. The number of hydrogen-bond acceptors (Lipinski definition) is 6. The SMILES string of the molecule is CC(c1ccccn1)N1CCN(c2c(Br)cnc3nc(-c4ccc(N(C)C)cc4)[nH]c23)CC1. The smallest absolute Gasteiger partial charge is 0.180 e. The van der Waals surface area contributed by atoms with Crippen LogP contribution < -0.4 is 9.80 Å². The molecule has 33 heavy (non-hydrogen) atoms. The van der Waals surface area contributed by atoms with E-state index in [4.69, 9.17) is 4.98 Å². The van der Waals surface area contributed by atoms with Crippen LogP contribution in [0, 0.1) is 0 Å². The first kappa shape index (κ1) is 21.9. The van der Waals surface area contributed by atoms with Crippen LogP contribution in [0.15, 0.2) is 59.3 Å². The molecule has 1 aliphatic heterocycles. The van der Waals surface area contributed by atoms with Crippen LogP contribution in [0.5, 0.6) is 0 Å². The van der Waals surface area contributed by atoms with Crippen molar-refractivity contribution in [3.63, 3.8) is 0 Å². The molecular weight excluding hydrogens is 478 g/mol. The molecule has 1 aliphatic rings. The summed E-state index contributed by atoms with van der Waals surface area (Å²) in [5.41, 5.74) is 6.18. The van der Waals surface area contributed by atoms with Crippen molar-refractivity contribution in [2.24, 2.45) is 0 Å². The molecule has 0 radical (unpaired) electrons. The average Bonchev–Trinajstić information content (AvgIpc) is 3.28. The van der Waals surface area contributed by atoms with E-state index in [1.165, 1.54) is 0 Å². The van der Waals surface area contributed by atoms with Gasteiger partial charge in [-0.25, -0.2) is 9.97 Å². The Morgan fingerprint density at radius 3 is 2.42 bits per heavy atom. The van der Waals surface area contributed by atoms with Crippen molar-refractivity contribution >= 4 is 38.5 Å². The van der Waals surface area contributed by atoms with Crippen LogP contribution in [0.3, 0.4) is 0 Å². The second kappa shape index (κ2) is 9.11. The fourth-order valence-electron chi connectivity index (χ4n) is 4.43. The summed E-state index contributed by atoms with van der Waals surface area (Å²) in [4.78, 5) is 24.5. The highest BCUT2D eigenvalue weighted by atomic mass is 79.9. The number of anilines is 2. The van der Waals surface area contributed by atoms with Gasteiger partial charge in [-0.1, -0.05) is 6.07 Å². The fraction of sp³-hybridized carbons (Fsp3) is 0.320. The summed E-state index contributed by atoms with van der Waals surface area (Å²) in [6.45, 7) is 6.05. The summed E-state index contributed by atoms with van der Waals surface area (Å²) in [6, 6.07) is 14.8. The van der Waals surface area contributed by atoms with Crippen molar-refractivity contribution in [1.29, 1.82) is 0 Å². The number of nitrogens with one attached hydrogen (secondary N) is 1. The van der Waals surface area contributed by atoms with Crippen LogP contribution in [-0.4, -0.2) is 65.1 Å². The Morgan fingerprint density at radius 2 is 1.76 bits per heavy atom. The summed E-state index contributed by atoms with van der Waals surface area (Å²) in [6.07, 6.45) is 3.73. The lowest BCUT2D eigenvalue weighted by Gasteiger charge is -2.39. The minimum atomic E-state index is 0.304. The maximum atomic E-state index is 4.79. The van der Waals surface area contributed by atoms with Crippen molar-refractivity contribution < 1.29 is 0 Å². The van der Waals surface area contributed by atoms with Crippen LogP contribution in [0.25, 0.3) is 22.6 Å². The first-order chi connectivity index (χ1) is 16.0. The molecular formula is C25H28BrN7. The molecule has 0 aliphatic carbocycles. The lowest BCUT2D eigenvalue weighted by atomic mass is 10.1. The average molecular weight is 506 g/mol. The third kappa shape index (κ3) is 4.32. The van der Waals surface area contributed by atoms with E-state index < -0.39 is 0 Å². The van der Waals surface area contributed by atoms with Crippen LogP contribution >= 0.6 is 15.9 Å². The Bertz CT molecular complexity index is 1230. The monoisotopic (exact) mass is 505 g/mol. The largest absolute Gasteiger partial charge is 0.378 e. The summed E-state index contributed by atoms with van der Waals surface area (Å²) in [5, 5.41) is 0. The molecule has 0 bridgehead atoms. The number of halogens is 1. The molecule has 1 atom stereocenters. The Morgan fingerprint density at radius 1 is 1.00 bits per heavy atom. The zero-order valence-electron chi connectivity index (χ0n) is 19.2.